The van der Waals surface area contributed by atoms with Crippen molar-refractivity contribution in [2.45, 2.75) is 19.4 Å². The lowest BCUT2D eigenvalue weighted by Crippen LogP contribution is -2.12. The summed E-state index contributed by atoms with van der Waals surface area (Å²) in [6.07, 6.45) is 0.822. The Balaban J connectivity index is 1.58. The van der Waals surface area contributed by atoms with E-state index < -0.39 is 0 Å². The molecule has 1 aliphatic heterocycles. The van der Waals surface area contributed by atoms with E-state index in [0.29, 0.717) is 0 Å². The average molecular weight is 457 g/mol. The maximum absolute atomic E-state index is 4.93. The van der Waals surface area contributed by atoms with Crippen LogP contribution in [0.4, 0.5) is 0 Å². The zero-order valence-electron chi connectivity index (χ0n) is 16.6. The molecule has 1 aromatic heterocycles. The summed E-state index contributed by atoms with van der Waals surface area (Å²) in [5.74, 6) is 0. The smallest absolute Gasteiger partial charge is 0.0797 e. The number of hydrogen-bond donors (Lipinski definition) is 1. The fourth-order valence-electron chi connectivity index (χ4n) is 4.02. The standard InChI is InChI=1S/C25H21BrN4/c1-17-24(23-16-22(27-28-23)18-12-14-20(26)15-13-18)25(19-8-4-2-5-9-19)30(29-17)21-10-6-3-7-11-21/h2-15,23,28H,16H2,1H3. The minimum absolute atomic E-state index is 0.0799. The van der Waals surface area contributed by atoms with Crippen LogP contribution in [-0.2, 0) is 0 Å². The quantitative estimate of drug-likeness (QED) is 0.406. The number of para-hydroxylation sites is 1. The lowest BCUT2D eigenvalue weighted by Gasteiger charge is -2.14. The summed E-state index contributed by atoms with van der Waals surface area (Å²) in [6.45, 7) is 2.08. The summed E-state index contributed by atoms with van der Waals surface area (Å²) in [4.78, 5) is 0. The van der Waals surface area contributed by atoms with E-state index in [2.05, 4.69) is 98.7 Å². The maximum Gasteiger partial charge on any atom is 0.0797 e. The SMILES string of the molecule is Cc1nn(-c2ccccc2)c(-c2ccccc2)c1C1CC(c2ccc(Br)cc2)=NN1. The predicted octanol–water partition coefficient (Wildman–Crippen LogP) is 6.05. The highest BCUT2D eigenvalue weighted by atomic mass is 79.9. The molecular weight excluding hydrogens is 436 g/mol. The molecule has 0 aliphatic carbocycles. The molecule has 1 N–H and O–H groups in total. The van der Waals surface area contributed by atoms with Gasteiger partial charge in [-0.05, 0) is 36.8 Å². The van der Waals surface area contributed by atoms with E-state index in [1.165, 1.54) is 5.56 Å². The molecule has 0 amide bonds. The van der Waals surface area contributed by atoms with Gasteiger partial charge in [-0.15, -0.1) is 0 Å². The number of aromatic nitrogens is 2. The van der Waals surface area contributed by atoms with Crippen molar-refractivity contribution in [2.75, 3.05) is 0 Å². The summed E-state index contributed by atoms with van der Waals surface area (Å²) in [6, 6.07) is 29.2. The highest BCUT2D eigenvalue weighted by Crippen LogP contribution is 2.36. The van der Waals surface area contributed by atoms with Crippen LogP contribution in [0.25, 0.3) is 16.9 Å². The molecule has 1 aliphatic rings. The van der Waals surface area contributed by atoms with Gasteiger partial charge in [0.25, 0.3) is 0 Å². The van der Waals surface area contributed by atoms with Crippen molar-refractivity contribution in [1.82, 2.24) is 15.2 Å². The van der Waals surface area contributed by atoms with Gasteiger partial charge in [-0.1, -0.05) is 76.6 Å². The van der Waals surface area contributed by atoms with Gasteiger partial charge in [-0.25, -0.2) is 4.68 Å². The minimum atomic E-state index is 0.0799. The van der Waals surface area contributed by atoms with Crippen molar-refractivity contribution in [3.8, 4) is 16.9 Å². The van der Waals surface area contributed by atoms with Crippen LogP contribution in [0.5, 0.6) is 0 Å². The summed E-state index contributed by atoms with van der Waals surface area (Å²) in [7, 11) is 0. The molecule has 1 atom stereocenters. The number of hydrazone groups is 1. The van der Waals surface area contributed by atoms with Gasteiger partial charge in [0.1, 0.15) is 0 Å². The molecule has 1 unspecified atom stereocenters. The van der Waals surface area contributed by atoms with Crippen molar-refractivity contribution >= 4 is 21.6 Å². The van der Waals surface area contributed by atoms with Gasteiger partial charge in [0.05, 0.1) is 28.8 Å². The van der Waals surface area contributed by atoms with E-state index in [-0.39, 0.29) is 6.04 Å². The van der Waals surface area contributed by atoms with E-state index in [0.717, 1.165) is 44.8 Å². The Hall–Kier alpha value is -3.18. The van der Waals surface area contributed by atoms with Crippen molar-refractivity contribution in [3.63, 3.8) is 0 Å². The van der Waals surface area contributed by atoms with Crippen LogP contribution in [0.2, 0.25) is 0 Å². The molecule has 0 saturated carbocycles. The first-order valence-electron chi connectivity index (χ1n) is 9.99. The molecule has 0 saturated heterocycles. The van der Waals surface area contributed by atoms with Gasteiger partial charge < -0.3 is 5.43 Å². The first-order valence-corrected chi connectivity index (χ1v) is 10.8. The normalized spacial score (nSPS) is 15.7. The predicted molar refractivity (Wildman–Crippen MR) is 125 cm³/mol. The number of nitrogens with zero attached hydrogens (tertiary/aromatic N) is 3. The van der Waals surface area contributed by atoms with Crippen LogP contribution in [0, 0.1) is 6.92 Å². The van der Waals surface area contributed by atoms with E-state index in [1.807, 2.05) is 24.3 Å². The lowest BCUT2D eigenvalue weighted by molar-refractivity contribution is 0.618. The number of aryl methyl sites for hydroxylation is 1. The molecule has 0 fully saturated rings. The maximum atomic E-state index is 4.93. The average Bonchev–Trinajstić information content (AvgIpc) is 3.40. The Morgan fingerprint density at radius 2 is 1.53 bits per heavy atom. The van der Waals surface area contributed by atoms with Crippen LogP contribution in [0.3, 0.4) is 0 Å². The third-order valence-corrected chi connectivity index (χ3v) is 5.96. The molecule has 0 bridgehead atoms. The Morgan fingerprint density at radius 1 is 0.867 bits per heavy atom. The molecule has 30 heavy (non-hydrogen) atoms. The first-order chi connectivity index (χ1) is 14.7. The fourth-order valence-corrected chi connectivity index (χ4v) is 4.28. The van der Waals surface area contributed by atoms with Crippen molar-refractivity contribution in [3.05, 3.63) is 106 Å². The largest absolute Gasteiger partial charge is 0.302 e. The summed E-state index contributed by atoms with van der Waals surface area (Å²) >= 11 is 3.51. The van der Waals surface area contributed by atoms with Gasteiger partial charge in [-0.3, -0.25) is 0 Å². The van der Waals surface area contributed by atoms with Crippen molar-refractivity contribution < 1.29 is 0 Å². The molecule has 4 aromatic rings. The van der Waals surface area contributed by atoms with Crippen molar-refractivity contribution in [1.29, 1.82) is 0 Å². The molecule has 3 aromatic carbocycles. The van der Waals surface area contributed by atoms with Crippen LogP contribution >= 0.6 is 15.9 Å². The first kappa shape index (κ1) is 18.8. The molecule has 5 heteroatoms. The Kier molecular flexibility index (Phi) is 4.97. The van der Waals surface area contributed by atoms with Crippen LogP contribution < -0.4 is 5.43 Å². The number of benzene rings is 3. The van der Waals surface area contributed by atoms with Gasteiger partial charge in [-0.2, -0.15) is 10.2 Å². The Morgan fingerprint density at radius 3 is 2.23 bits per heavy atom. The Labute approximate surface area is 184 Å². The molecule has 5 rings (SSSR count). The van der Waals surface area contributed by atoms with Crippen LogP contribution in [-0.4, -0.2) is 15.5 Å². The number of halogens is 1. The second kappa shape index (κ2) is 7.92. The monoisotopic (exact) mass is 456 g/mol. The van der Waals surface area contributed by atoms with Gasteiger partial charge in [0.15, 0.2) is 0 Å². The van der Waals surface area contributed by atoms with E-state index in [1.54, 1.807) is 0 Å². The minimum Gasteiger partial charge on any atom is -0.302 e. The highest BCUT2D eigenvalue weighted by molar-refractivity contribution is 9.10. The zero-order valence-corrected chi connectivity index (χ0v) is 18.2. The second-order valence-electron chi connectivity index (χ2n) is 7.41. The van der Waals surface area contributed by atoms with Crippen LogP contribution in [0.1, 0.15) is 29.3 Å². The van der Waals surface area contributed by atoms with Gasteiger partial charge >= 0.3 is 0 Å². The number of rotatable bonds is 4. The van der Waals surface area contributed by atoms with Gasteiger partial charge in [0.2, 0.25) is 0 Å². The summed E-state index contributed by atoms with van der Waals surface area (Å²) in [5, 5.41) is 9.60. The molecule has 0 spiro atoms. The third kappa shape index (κ3) is 3.46. The molecule has 148 valence electrons. The molecule has 4 nitrogen and oxygen atoms in total. The molecule has 0 radical (unpaired) electrons. The zero-order chi connectivity index (χ0) is 20.5. The molecule has 2 heterocycles. The Bertz CT molecular complexity index is 1200. The van der Waals surface area contributed by atoms with Crippen molar-refractivity contribution in [2.24, 2.45) is 5.10 Å². The third-order valence-electron chi connectivity index (χ3n) is 5.43. The topological polar surface area (TPSA) is 42.2 Å². The van der Waals surface area contributed by atoms with E-state index in [4.69, 9.17) is 5.10 Å². The highest BCUT2D eigenvalue weighted by Gasteiger charge is 2.29. The van der Waals surface area contributed by atoms with Crippen LogP contribution in [0.15, 0.2) is 94.5 Å². The summed E-state index contributed by atoms with van der Waals surface area (Å²) in [5.41, 5.74) is 11.1. The van der Waals surface area contributed by atoms with Gasteiger partial charge in [0, 0.05) is 22.0 Å². The summed E-state index contributed by atoms with van der Waals surface area (Å²) < 4.78 is 3.12. The number of hydrogen-bond acceptors (Lipinski definition) is 3. The van der Waals surface area contributed by atoms with E-state index in [9.17, 15) is 0 Å². The lowest BCUT2D eigenvalue weighted by atomic mass is 9.95. The fraction of sp³-hybridized carbons (Fsp3) is 0.120. The van der Waals surface area contributed by atoms with E-state index >= 15 is 0 Å². The number of nitrogens with one attached hydrogen (secondary N) is 1. The second-order valence-corrected chi connectivity index (χ2v) is 8.33. The molecular formula is C25H21BrN4.